The van der Waals surface area contributed by atoms with Gasteiger partial charge in [-0.25, -0.2) is 0 Å². The summed E-state index contributed by atoms with van der Waals surface area (Å²) >= 11 is 0. The van der Waals surface area contributed by atoms with Gasteiger partial charge in [-0.3, -0.25) is 9.59 Å². The number of Topliss-reactive ketones (excluding diaryl/α,β-unsaturated/α-hetero) is 1. The summed E-state index contributed by atoms with van der Waals surface area (Å²) in [5.74, 6) is -0.293. The van der Waals surface area contributed by atoms with Crippen LogP contribution in [0.1, 0.15) is 16.8 Å². The van der Waals surface area contributed by atoms with E-state index < -0.39 is 0 Å². The van der Waals surface area contributed by atoms with Gasteiger partial charge in [-0.2, -0.15) is 0 Å². The Morgan fingerprint density at radius 2 is 1.83 bits per heavy atom. The van der Waals surface area contributed by atoms with Crippen LogP contribution in [0, 0.1) is 5.92 Å². The molecule has 1 amide bonds. The van der Waals surface area contributed by atoms with Gasteiger partial charge in [0, 0.05) is 30.9 Å². The van der Waals surface area contributed by atoms with E-state index in [0.717, 1.165) is 38.4 Å². The highest BCUT2D eigenvalue weighted by Gasteiger charge is 2.23. The molecule has 23 heavy (non-hydrogen) atoms. The molecule has 2 heterocycles. The number of hydrogen-bond donors (Lipinski definition) is 1. The largest absolute Gasteiger partial charge is 0.381 e. The van der Waals surface area contributed by atoms with Gasteiger partial charge in [0.2, 0.25) is 5.91 Å². The minimum absolute atomic E-state index is 0.0340. The van der Waals surface area contributed by atoms with Crippen LogP contribution in [-0.2, 0) is 14.3 Å². The molecular weight excluding hydrogens is 296 g/mol. The number of anilines is 1. The molecule has 1 unspecified atom stereocenters. The van der Waals surface area contributed by atoms with Crippen molar-refractivity contribution in [1.82, 2.24) is 5.32 Å². The predicted molar refractivity (Wildman–Crippen MR) is 85.7 cm³/mol. The average Bonchev–Trinajstić information content (AvgIpc) is 3.15. The van der Waals surface area contributed by atoms with Crippen LogP contribution >= 0.6 is 0 Å². The first-order chi connectivity index (χ1) is 11.2. The predicted octanol–water partition coefficient (Wildman–Crippen LogP) is 0.859. The fourth-order valence-electron chi connectivity index (χ4n) is 2.83. The SMILES string of the molecule is O=C(CNC(=O)C1CCOC1)c1ccc(N2CCOCC2)cc1. The van der Waals surface area contributed by atoms with E-state index in [4.69, 9.17) is 9.47 Å². The number of carbonyl (C=O) groups excluding carboxylic acids is 2. The maximum absolute atomic E-state index is 12.2. The Hall–Kier alpha value is -1.92. The number of amides is 1. The fourth-order valence-corrected chi connectivity index (χ4v) is 2.83. The van der Waals surface area contributed by atoms with Crippen molar-refractivity contribution in [3.63, 3.8) is 0 Å². The molecule has 2 saturated heterocycles. The van der Waals surface area contributed by atoms with Crippen LogP contribution in [0.25, 0.3) is 0 Å². The van der Waals surface area contributed by atoms with E-state index in [1.807, 2.05) is 24.3 Å². The Labute approximate surface area is 135 Å². The number of benzene rings is 1. The second-order valence-corrected chi connectivity index (χ2v) is 5.85. The molecule has 1 aromatic carbocycles. The lowest BCUT2D eigenvalue weighted by molar-refractivity contribution is -0.124. The highest BCUT2D eigenvalue weighted by Crippen LogP contribution is 2.17. The zero-order chi connectivity index (χ0) is 16.1. The molecule has 1 atom stereocenters. The highest BCUT2D eigenvalue weighted by molar-refractivity contribution is 5.99. The lowest BCUT2D eigenvalue weighted by Gasteiger charge is -2.28. The van der Waals surface area contributed by atoms with E-state index >= 15 is 0 Å². The Kier molecular flexibility index (Phi) is 5.25. The zero-order valence-corrected chi connectivity index (χ0v) is 13.1. The minimum atomic E-state index is -0.119. The van der Waals surface area contributed by atoms with Gasteiger partial charge < -0.3 is 19.7 Å². The summed E-state index contributed by atoms with van der Waals surface area (Å²) in [5, 5.41) is 2.71. The number of carbonyl (C=O) groups is 2. The summed E-state index contributed by atoms with van der Waals surface area (Å²) in [6, 6.07) is 7.53. The van der Waals surface area contributed by atoms with Crippen molar-refractivity contribution in [2.75, 3.05) is 51.0 Å². The summed E-state index contributed by atoms with van der Waals surface area (Å²) in [6.07, 6.45) is 0.730. The Morgan fingerprint density at radius 3 is 2.48 bits per heavy atom. The van der Waals surface area contributed by atoms with Gasteiger partial charge in [-0.1, -0.05) is 0 Å². The molecule has 124 valence electrons. The van der Waals surface area contributed by atoms with Crippen molar-refractivity contribution < 1.29 is 19.1 Å². The van der Waals surface area contributed by atoms with Crippen LogP contribution < -0.4 is 10.2 Å². The van der Waals surface area contributed by atoms with Crippen LogP contribution in [0.2, 0.25) is 0 Å². The van der Waals surface area contributed by atoms with Gasteiger partial charge in [0.15, 0.2) is 5.78 Å². The summed E-state index contributed by atoms with van der Waals surface area (Å²) < 4.78 is 10.5. The Morgan fingerprint density at radius 1 is 1.09 bits per heavy atom. The van der Waals surface area contributed by atoms with E-state index in [1.54, 1.807) is 0 Å². The molecule has 2 aliphatic rings. The number of nitrogens with one attached hydrogen (secondary N) is 1. The van der Waals surface area contributed by atoms with E-state index in [9.17, 15) is 9.59 Å². The molecule has 2 fully saturated rings. The normalized spacial score (nSPS) is 21.2. The third-order valence-electron chi connectivity index (χ3n) is 4.29. The number of ketones is 1. The standard InChI is InChI=1S/C17H22N2O4/c20-16(11-18-17(21)14-5-8-23-12-14)13-1-3-15(4-2-13)19-6-9-22-10-7-19/h1-4,14H,5-12H2,(H,18,21). The zero-order valence-electron chi connectivity index (χ0n) is 13.1. The lowest BCUT2D eigenvalue weighted by atomic mass is 10.1. The molecule has 1 aromatic rings. The first-order valence-corrected chi connectivity index (χ1v) is 8.05. The topological polar surface area (TPSA) is 67.9 Å². The van der Waals surface area contributed by atoms with Crippen LogP contribution in [0.4, 0.5) is 5.69 Å². The Balaban J connectivity index is 1.51. The molecule has 2 aliphatic heterocycles. The summed E-state index contributed by atoms with van der Waals surface area (Å²) in [4.78, 5) is 26.3. The first kappa shape index (κ1) is 16.0. The molecule has 3 rings (SSSR count). The molecule has 0 aliphatic carbocycles. The minimum Gasteiger partial charge on any atom is -0.381 e. The summed E-state index contributed by atoms with van der Waals surface area (Å²) in [5.41, 5.74) is 1.71. The quantitative estimate of drug-likeness (QED) is 0.816. The molecule has 1 N–H and O–H groups in total. The van der Waals surface area contributed by atoms with Gasteiger partial charge in [-0.15, -0.1) is 0 Å². The molecular formula is C17H22N2O4. The van der Waals surface area contributed by atoms with Crippen LogP contribution in [0.3, 0.4) is 0 Å². The van der Waals surface area contributed by atoms with Crippen molar-refractivity contribution in [1.29, 1.82) is 0 Å². The van der Waals surface area contributed by atoms with Gasteiger partial charge in [0.05, 0.1) is 32.3 Å². The second kappa shape index (κ2) is 7.57. The van der Waals surface area contributed by atoms with Gasteiger partial charge in [0.25, 0.3) is 0 Å². The summed E-state index contributed by atoms with van der Waals surface area (Å²) in [7, 11) is 0. The molecule has 0 saturated carbocycles. The average molecular weight is 318 g/mol. The van der Waals surface area contributed by atoms with Crippen molar-refractivity contribution in [2.45, 2.75) is 6.42 Å². The molecule has 0 spiro atoms. The maximum atomic E-state index is 12.2. The number of ether oxygens (including phenoxy) is 2. The van der Waals surface area contributed by atoms with Crippen LogP contribution in [-0.4, -0.2) is 57.8 Å². The van der Waals surface area contributed by atoms with E-state index in [1.165, 1.54) is 0 Å². The number of nitrogens with zero attached hydrogens (tertiary/aromatic N) is 1. The monoisotopic (exact) mass is 318 g/mol. The molecule has 0 aromatic heterocycles. The van der Waals surface area contributed by atoms with Crippen molar-refractivity contribution in [3.8, 4) is 0 Å². The smallest absolute Gasteiger partial charge is 0.225 e. The van der Waals surface area contributed by atoms with Crippen molar-refractivity contribution in [2.24, 2.45) is 5.92 Å². The van der Waals surface area contributed by atoms with Crippen molar-refractivity contribution >= 4 is 17.4 Å². The van der Waals surface area contributed by atoms with E-state index in [0.29, 0.717) is 18.8 Å². The van der Waals surface area contributed by atoms with Crippen molar-refractivity contribution in [3.05, 3.63) is 29.8 Å². The number of morpholine rings is 1. The van der Waals surface area contributed by atoms with E-state index in [-0.39, 0.29) is 24.2 Å². The number of hydrogen-bond acceptors (Lipinski definition) is 5. The molecule has 0 radical (unpaired) electrons. The molecule has 0 bridgehead atoms. The Bertz CT molecular complexity index is 546. The highest BCUT2D eigenvalue weighted by atomic mass is 16.5. The van der Waals surface area contributed by atoms with Crippen LogP contribution in [0.15, 0.2) is 24.3 Å². The number of rotatable bonds is 5. The first-order valence-electron chi connectivity index (χ1n) is 8.05. The van der Waals surface area contributed by atoms with Gasteiger partial charge >= 0.3 is 0 Å². The summed E-state index contributed by atoms with van der Waals surface area (Å²) in [6.45, 7) is 4.31. The van der Waals surface area contributed by atoms with Crippen LogP contribution in [0.5, 0.6) is 0 Å². The second-order valence-electron chi connectivity index (χ2n) is 5.85. The van der Waals surface area contributed by atoms with Gasteiger partial charge in [0.1, 0.15) is 0 Å². The van der Waals surface area contributed by atoms with Gasteiger partial charge in [-0.05, 0) is 30.7 Å². The third kappa shape index (κ3) is 4.09. The maximum Gasteiger partial charge on any atom is 0.225 e. The molecule has 6 nitrogen and oxygen atoms in total. The fraction of sp³-hybridized carbons (Fsp3) is 0.529. The third-order valence-corrected chi connectivity index (χ3v) is 4.29. The van der Waals surface area contributed by atoms with E-state index in [2.05, 4.69) is 10.2 Å². The lowest BCUT2D eigenvalue weighted by Crippen LogP contribution is -2.36. The molecule has 6 heteroatoms.